The molecule has 0 amide bonds. The summed E-state index contributed by atoms with van der Waals surface area (Å²) in [6.07, 6.45) is 1.71. The molecular formula is C21H31N3O2S. The first-order valence-corrected chi connectivity index (χ1v) is 11.1. The van der Waals surface area contributed by atoms with Crippen LogP contribution in [0.1, 0.15) is 39.0 Å². The predicted octanol–water partition coefficient (Wildman–Crippen LogP) is 3.76. The number of hydrogen-bond acceptors (Lipinski definition) is 4. The molecule has 0 saturated heterocycles. The zero-order valence-electron chi connectivity index (χ0n) is 16.9. The summed E-state index contributed by atoms with van der Waals surface area (Å²) in [6, 6.07) is 9.91. The monoisotopic (exact) mass is 389 g/mol. The molecule has 5 nitrogen and oxygen atoms in total. The van der Waals surface area contributed by atoms with Crippen molar-refractivity contribution in [3.63, 3.8) is 0 Å². The topological polar surface area (TPSA) is 55.2 Å². The number of imidazole rings is 1. The third kappa shape index (κ3) is 6.04. The van der Waals surface area contributed by atoms with E-state index in [1.54, 1.807) is 6.20 Å². The van der Waals surface area contributed by atoms with Crippen LogP contribution in [0.2, 0.25) is 0 Å². The highest BCUT2D eigenvalue weighted by Gasteiger charge is 2.25. The van der Waals surface area contributed by atoms with E-state index < -0.39 is 9.84 Å². The summed E-state index contributed by atoms with van der Waals surface area (Å²) in [4.78, 5) is 6.57. The van der Waals surface area contributed by atoms with E-state index in [0.717, 1.165) is 29.9 Å². The van der Waals surface area contributed by atoms with Crippen LogP contribution in [0.4, 0.5) is 0 Å². The second kappa shape index (κ2) is 9.33. The zero-order valence-corrected chi connectivity index (χ0v) is 17.7. The maximum absolute atomic E-state index is 12.9. The maximum atomic E-state index is 12.9. The van der Waals surface area contributed by atoms with Crippen LogP contribution in [0, 0.1) is 5.92 Å². The van der Waals surface area contributed by atoms with Crippen molar-refractivity contribution in [2.75, 3.05) is 18.8 Å². The van der Waals surface area contributed by atoms with Crippen LogP contribution < -0.4 is 0 Å². The third-order valence-electron chi connectivity index (χ3n) is 4.24. The Morgan fingerprint density at radius 2 is 1.93 bits per heavy atom. The fourth-order valence-electron chi connectivity index (χ4n) is 3.11. The third-order valence-corrected chi connectivity index (χ3v) is 6.23. The minimum absolute atomic E-state index is 0.0517. The van der Waals surface area contributed by atoms with Crippen molar-refractivity contribution in [1.82, 2.24) is 14.5 Å². The van der Waals surface area contributed by atoms with Crippen molar-refractivity contribution >= 4 is 9.84 Å². The summed E-state index contributed by atoms with van der Waals surface area (Å²) in [5, 5.41) is 0.168. The molecule has 0 radical (unpaired) electrons. The lowest BCUT2D eigenvalue weighted by atomic mass is 10.2. The minimum Gasteiger partial charge on any atom is -0.313 e. The van der Waals surface area contributed by atoms with Crippen molar-refractivity contribution in [3.8, 4) is 0 Å². The Hall–Kier alpha value is -1.92. The summed E-state index contributed by atoms with van der Waals surface area (Å²) >= 11 is 0. The summed E-state index contributed by atoms with van der Waals surface area (Å²) in [5.74, 6) is 0.150. The Morgan fingerprint density at radius 1 is 1.26 bits per heavy atom. The number of likely N-dealkylation sites (N-methyl/N-ethyl adjacent to an activating group) is 1. The second-order valence-electron chi connectivity index (χ2n) is 7.54. The highest BCUT2D eigenvalue weighted by molar-refractivity contribution is 7.91. The van der Waals surface area contributed by atoms with Gasteiger partial charge in [0, 0.05) is 13.1 Å². The number of nitrogens with zero attached hydrogens (tertiary/aromatic N) is 3. The van der Waals surface area contributed by atoms with Gasteiger partial charge in [0.2, 0.25) is 15.0 Å². The highest BCUT2D eigenvalue weighted by Crippen LogP contribution is 2.19. The molecule has 2 aromatic rings. The smallest absolute Gasteiger partial charge is 0.228 e. The maximum Gasteiger partial charge on any atom is 0.228 e. The molecule has 0 N–H and O–H groups in total. The molecule has 0 saturated carbocycles. The van der Waals surface area contributed by atoms with E-state index in [-0.39, 0.29) is 16.8 Å². The van der Waals surface area contributed by atoms with Crippen LogP contribution in [0.5, 0.6) is 0 Å². The molecule has 0 fully saturated rings. The second-order valence-corrected chi connectivity index (χ2v) is 9.47. The Bertz CT molecular complexity index is 855. The molecule has 0 spiro atoms. The van der Waals surface area contributed by atoms with E-state index in [2.05, 4.69) is 23.4 Å². The first-order chi connectivity index (χ1) is 12.7. The predicted molar refractivity (Wildman–Crippen MR) is 110 cm³/mol. The summed E-state index contributed by atoms with van der Waals surface area (Å²) in [5.41, 5.74) is 3.05. The van der Waals surface area contributed by atoms with E-state index in [0.29, 0.717) is 13.1 Å². The van der Waals surface area contributed by atoms with Gasteiger partial charge < -0.3 is 4.57 Å². The summed E-state index contributed by atoms with van der Waals surface area (Å²) in [7, 11) is -3.44. The number of aromatic nitrogens is 2. The molecule has 1 aromatic carbocycles. The van der Waals surface area contributed by atoms with Gasteiger partial charge in [-0.15, -0.1) is 0 Å². The molecule has 0 unspecified atom stereocenters. The van der Waals surface area contributed by atoms with Gasteiger partial charge in [-0.1, -0.05) is 63.3 Å². The zero-order chi connectivity index (χ0) is 20.0. The van der Waals surface area contributed by atoms with Crippen molar-refractivity contribution in [2.45, 2.75) is 45.9 Å². The van der Waals surface area contributed by atoms with Crippen LogP contribution >= 0.6 is 0 Å². The molecule has 0 aliphatic heterocycles. The molecule has 27 heavy (non-hydrogen) atoms. The minimum atomic E-state index is -3.44. The van der Waals surface area contributed by atoms with Crippen molar-refractivity contribution in [3.05, 3.63) is 59.9 Å². The van der Waals surface area contributed by atoms with Crippen LogP contribution in [0.3, 0.4) is 0 Å². The SMILES string of the molecule is C=C(C)CN(CC)Cc1cnc(S(=O)(=O)CC(C)C)n1Cc1ccccc1. The van der Waals surface area contributed by atoms with Crippen LogP contribution in [-0.2, 0) is 22.9 Å². The molecular weight excluding hydrogens is 358 g/mol. The van der Waals surface area contributed by atoms with Crippen LogP contribution in [-0.4, -0.2) is 41.7 Å². The quantitative estimate of drug-likeness (QED) is 0.581. The number of sulfone groups is 1. The average Bonchev–Trinajstić information content (AvgIpc) is 2.97. The van der Waals surface area contributed by atoms with E-state index in [1.165, 1.54) is 0 Å². The molecule has 1 heterocycles. The molecule has 0 aliphatic carbocycles. The van der Waals surface area contributed by atoms with Crippen LogP contribution in [0.15, 0.2) is 53.8 Å². The lowest BCUT2D eigenvalue weighted by Gasteiger charge is -2.22. The van der Waals surface area contributed by atoms with Gasteiger partial charge in [-0.25, -0.2) is 13.4 Å². The Balaban J connectivity index is 2.43. The van der Waals surface area contributed by atoms with Crippen molar-refractivity contribution in [2.24, 2.45) is 5.92 Å². The fourth-order valence-corrected chi connectivity index (χ4v) is 4.86. The molecule has 6 heteroatoms. The van der Waals surface area contributed by atoms with Gasteiger partial charge in [-0.3, -0.25) is 4.90 Å². The number of hydrogen-bond donors (Lipinski definition) is 0. The Morgan fingerprint density at radius 3 is 2.48 bits per heavy atom. The van der Waals surface area contributed by atoms with Crippen LogP contribution in [0.25, 0.3) is 0 Å². The van der Waals surface area contributed by atoms with E-state index in [4.69, 9.17) is 0 Å². The standard InChI is InChI=1S/C21H31N3O2S/c1-6-23(13-17(2)3)15-20-12-22-21(27(25,26)16-18(4)5)24(20)14-19-10-8-7-9-11-19/h7-12,18H,2,6,13-16H2,1,3-5H3. The average molecular weight is 390 g/mol. The van der Waals surface area contributed by atoms with Gasteiger partial charge in [0.1, 0.15) is 0 Å². The van der Waals surface area contributed by atoms with E-state index >= 15 is 0 Å². The van der Waals surface area contributed by atoms with Gasteiger partial charge >= 0.3 is 0 Å². The van der Waals surface area contributed by atoms with E-state index in [1.807, 2.05) is 55.7 Å². The highest BCUT2D eigenvalue weighted by atomic mass is 32.2. The van der Waals surface area contributed by atoms with Gasteiger partial charge in [-0.05, 0) is 24.9 Å². The summed E-state index contributed by atoms with van der Waals surface area (Å²) < 4.78 is 27.6. The molecule has 148 valence electrons. The van der Waals surface area contributed by atoms with Gasteiger partial charge in [0.25, 0.3) is 0 Å². The Labute approximate surface area is 163 Å². The normalized spacial score (nSPS) is 12.1. The first kappa shape index (κ1) is 21.4. The molecule has 0 aliphatic rings. The number of benzene rings is 1. The van der Waals surface area contributed by atoms with Gasteiger partial charge in [0.15, 0.2) is 0 Å². The van der Waals surface area contributed by atoms with Gasteiger partial charge in [0.05, 0.1) is 24.2 Å². The van der Waals surface area contributed by atoms with E-state index in [9.17, 15) is 8.42 Å². The molecule has 0 bridgehead atoms. The van der Waals surface area contributed by atoms with Crippen molar-refractivity contribution < 1.29 is 8.42 Å². The Kier molecular flexibility index (Phi) is 7.39. The van der Waals surface area contributed by atoms with Crippen molar-refractivity contribution in [1.29, 1.82) is 0 Å². The first-order valence-electron chi connectivity index (χ1n) is 9.40. The fraction of sp³-hybridized carbons (Fsp3) is 0.476. The lowest BCUT2D eigenvalue weighted by molar-refractivity contribution is 0.295. The molecule has 2 rings (SSSR count). The summed E-state index contributed by atoms with van der Waals surface area (Å²) in [6.45, 7) is 14.7. The number of rotatable bonds is 10. The van der Waals surface area contributed by atoms with Gasteiger partial charge in [-0.2, -0.15) is 0 Å². The lowest BCUT2D eigenvalue weighted by Crippen LogP contribution is -2.27. The molecule has 1 aromatic heterocycles. The molecule has 0 atom stereocenters. The largest absolute Gasteiger partial charge is 0.313 e.